The Balaban J connectivity index is 1.37. The van der Waals surface area contributed by atoms with Crippen LogP contribution in [-0.4, -0.2) is 45.4 Å². The van der Waals surface area contributed by atoms with Crippen molar-refractivity contribution in [1.29, 1.82) is 0 Å². The van der Waals surface area contributed by atoms with Crippen molar-refractivity contribution in [3.05, 3.63) is 85.7 Å². The van der Waals surface area contributed by atoms with Gasteiger partial charge in [-0.15, -0.1) is 0 Å². The largest absolute Gasteiger partial charge is 0.466 e. The Bertz CT molecular complexity index is 1960. The van der Waals surface area contributed by atoms with Gasteiger partial charge in [0.05, 0.1) is 41.3 Å². The van der Waals surface area contributed by atoms with Gasteiger partial charge in [0, 0.05) is 29.7 Å². The average Bonchev–Trinajstić information content (AvgIpc) is 3.40. The summed E-state index contributed by atoms with van der Waals surface area (Å²) in [6.07, 6.45) is 2.46. The molecule has 3 aromatic heterocycles. The summed E-state index contributed by atoms with van der Waals surface area (Å²) in [5, 5.41) is 15.1. The van der Waals surface area contributed by atoms with E-state index in [0.717, 1.165) is 22.1 Å². The summed E-state index contributed by atoms with van der Waals surface area (Å²) < 4.78 is 32.1. The normalized spacial score (nSPS) is 19.7. The van der Waals surface area contributed by atoms with Crippen molar-refractivity contribution in [3.63, 3.8) is 0 Å². The van der Waals surface area contributed by atoms with Gasteiger partial charge in [-0.3, -0.25) is 9.59 Å². The first-order chi connectivity index (χ1) is 21.2. The fourth-order valence-electron chi connectivity index (χ4n) is 6.66. The number of aromatic nitrogens is 3. The lowest BCUT2D eigenvalue weighted by molar-refractivity contribution is -0.172. The molecule has 4 aromatic rings. The van der Waals surface area contributed by atoms with Crippen molar-refractivity contribution in [3.8, 4) is 17.1 Å². The molecular weight excluding hydrogens is 571 g/mol. The Kier molecular flexibility index (Phi) is 6.52. The first-order valence-corrected chi connectivity index (χ1v) is 14.4. The van der Waals surface area contributed by atoms with Crippen LogP contribution in [0.5, 0.6) is 5.75 Å². The van der Waals surface area contributed by atoms with E-state index in [1.165, 1.54) is 23.9 Å². The number of amides is 1. The zero-order chi connectivity index (χ0) is 30.9. The maximum Gasteiger partial charge on any atom is 0.343 e. The number of hydrogen-bond acceptors (Lipinski definition) is 9. The molecule has 0 unspecified atom stereocenters. The van der Waals surface area contributed by atoms with Crippen LogP contribution in [-0.2, 0) is 39.4 Å². The van der Waals surface area contributed by atoms with E-state index in [0.29, 0.717) is 41.1 Å². The third kappa shape index (κ3) is 4.05. The summed E-state index contributed by atoms with van der Waals surface area (Å²) in [4.78, 5) is 48.9. The number of fused-ring (bicyclic) bond motifs is 5. The summed E-state index contributed by atoms with van der Waals surface area (Å²) in [7, 11) is 1.50. The van der Waals surface area contributed by atoms with Crippen molar-refractivity contribution in [2.75, 3.05) is 13.9 Å². The minimum atomic E-state index is -1.97. The van der Waals surface area contributed by atoms with Gasteiger partial charge in [-0.1, -0.05) is 6.92 Å². The van der Waals surface area contributed by atoms with Crippen LogP contribution in [0.25, 0.3) is 22.3 Å². The minimum absolute atomic E-state index is 0.0143. The third-order valence-electron chi connectivity index (χ3n) is 9.00. The van der Waals surface area contributed by atoms with Gasteiger partial charge < -0.3 is 29.2 Å². The molecule has 0 spiro atoms. The topological polar surface area (TPSA) is 142 Å². The second-order valence-electron chi connectivity index (χ2n) is 11.3. The van der Waals surface area contributed by atoms with Gasteiger partial charge in [0.25, 0.3) is 11.5 Å². The quantitative estimate of drug-likeness (QED) is 0.222. The molecule has 7 rings (SSSR count). The number of nitrogens with one attached hydrogen (secondary N) is 1. The van der Waals surface area contributed by atoms with Crippen LogP contribution in [0.4, 0.5) is 4.39 Å². The lowest BCUT2D eigenvalue weighted by Crippen LogP contribution is -2.44. The van der Waals surface area contributed by atoms with Crippen LogP contribution in [0, 0.1) is 12.7 Å². The molecule has 44 heavy (non-hydrogen) atoms. The Morgan fingerprint density at radius 1 is 1.25 bits per heavy atom. The first-order valence-electron chi connectivity index (χ1n) is 14.4. The van der Waals surface area contributed by atoms with E-state index in [4.69, 9.17) is 19.2 Å². The summed E-state index contributed by atoms with van der Waals surface area (Å²) >= 11 is 0. The summed E-state index contributed by atoms with van der Waals surface area (Å²) in [6, 6.07) is 5.70. The number of esters is 1. The maximum absolute atomic E-state index is 15.1. The Hall–Kier alpha value is -4.68. The smallest absolute Gasteiger partial charge is 0.343 e. The Morgan fingerprint density at radius 3 is 2.80 bits per heavy atom. The van der Waals surface area contributed by atoms with Gasteiger partial charge in [-0.05, 0) is 61.1 Å². The summed E-state index contributed by atoms with van der Waals surface area (Å²) in [6.45, 7) is 3.32. The van der Waals surface area contributed by atoms with E-state index >= 15 is 4.39 Å². The van der Waals surface area contributed by atoms with Crippen LogP contribution in [0.3, 0.4) is 0 Å². The third-order valence-corrected chi connectivity index (χ3v) is 9.00. The highest BCUT2D eigenvalue weighted by molar-refractivity contribution is 5.96. The predicted octanol–water partition coefficient (Wildman–Crippen LogP) is 3.32. The van der Waals surface area contributed by atoms with Crippen LogP contribution in [0.2, 0.25) is 0 Å². The molecule has 0 saturated heterocycles. The van der Waals surface area contributed by atoms with Gasteiger partial charge in [0.2, 0.25) is 0 Å². The van der Waals surface area contributed by atoms with Gasteiger partial charge in [0.15, 0.2) is 12.4 Å². The van der Waals surface area contributed by atoms with E-state index in [9.17, 15) is 19.5 Å². The molecule has 0 fully saturated rings. The number of rotatable bonds is 6. The zero-order valence-electron chi connectivity index (χ0n) is 24.3. The number of methoxy groups -OCH3 is 1. The average molecular weight is 601 g/mol. The maximum atomic E-state index is 15.1. The van der Waals surface area contributed by atoms with E-state index in [1.807, 2.05) is 0 Å². The number of pyridine rings is 3. The molecule has 2 atom stereocenters. The number of ether oxygens (including phenoxy) is 3. The molecular formula is C32H29FN4O7. The van der Waals surface area contributed by atoms with Crippen molar-refractivity contribution < 1.29 is 33.3 Å². The van der Waals surface area contributed by atoms with Gasteiger partial charge in [-0.2, -0.15) is 0 Å². The van der Waals surface area contributed by atoms with E-state index < -0.39 is 34.9 Å². The highest BCUT2D eigenvalue weighted by Crippen LogP contribution is 2.46. The van der Waals surface area contributed by atoms with Crippen molar-refractivity contribution in [2.45, 2.75) is 57.9 Å². The van der Waals surface area contributed by atoms with Crippen LogP contribution in [0.15, 0.2) is 35.3 Å². The monoisotopic (exact) mass is 600 g/mol. The summed E-state index contributed by atoms with van der Waals surface area (Å²) in [5.74, 6) is -1.15. The lowest BCUT2D eigenvalue weighted by atomic mass is 9.81. The van der Waals surface area contributed by atoms with Crippen LogP contribution in [0.1, 0.15) is 69.7 Å². The molecule has 1 aliphatic carbocycles. The number of benzene rings is 1. The molecule has 226 valence electrons. The Labute approximate surface area is 250 Å². The molecule has 3 aliphatic rings. The molecule has 12 heteroatoms. The second kappa shape index (κ2) is 10.2. The van der Waals surface area contributed by atoms with Gasteiger partial charge >= 0.3 is 5.97 Å². The highest BCUT2D eigenvalue weighted by atomic mass is 19.1. The lowest BCUT2D eigenvalue weighted by Gasteiger charge is -2.31. The number of carbonyl (C=O) groups excluding carboxylic acids is 2. The number of aryl methyl sites for hydroxylation is 1. The Morgan fingerprint density at radius 2 is 2.07 bits per heavy atom. The van der Waals surface area contributed by atoms with Gasteiger partial charge in [-0.25, -0.2) is 19.2 Å². The van der Waals surface area contributed by atoms with Crippen molar-refractivity contribution >= 4 is 22.8 Å². The first kappa shape index (κ1) is 28.1. The molecule has 0 saturated carbocycles. The number of hydrogen-bond donors (Lipinski definition) is 2. The summed E-state index contributed by atoms with van der Waals surface area (Å²) in [5.41, 5.74) is 2.30. The fraction of sp³-hybridized carbons (Fsp3) is 0.344. The predicted molar refractivity (Wildman–Crippen MR) is 154 cm³/mol. The SMILES string of the molecule is CC[C@@]1(O)C(=O)OCc2c1cc1n(c2=O)Cc2c-1nc1cc(F)c(C)c3c1c2[C@@H](NC(=O)c1ccc(OCOC)cn1)CC3. The zero-order valence-corrected chi connectivity index (χ0v) is 24.3. The number of carbonyl (C=O) groups is 2. The minimum Gasteiger partial charge on any atom is -0.466 e. The van der Waals surface area contributed by atoms with Gasteiger partial charge in [0.1, 0.15) is 23.9 Å². The molecule has 5 heterocycles. The van der Waals surface area contributed by atoms with Crippen LogP contribution < -0.4 is 15.6 Å². The fourth-order valence-corrected chi connectivity index (χ4v) is 6.66. The second-order valence-corrected chi connectivity index (χ2v) is 11.3. The molecule has 2 N–H and O–H groups in total. The van der Waals surface area contributed by atoms with E-state index in [1.54, 1.807) is 32.0 Å². The number of aliphatic hydroxyl groups is 1. The number of nitrogens with zero attached hydrogens (tertiary/aromatic N) is 3. The number of cyclic esters (lactones) is 1. The van der Waals surface area contributed by atoms with Crippen LogP contribution >= 0.6 is 0 Å². The molecule has 0 bridgehead atoms. The van der Waals surface area contributed by atoms with Crippen molar-refractivity contribution in [1.82, 2.24) is 19.9 Å². The molecule has 0 radical (unpaired) electrons. The molecule has 1 aromatic carbocycles. The van der Waals surface area contributed by atoms with E-state index in [-0.39, 0.29) is 43.2 Å². The molecule has 2 aliphatic heterocycles. The van der Waals surface area contributed by atoms with E-state index in [2.05, 4.69) is 10.3 Å². The van der Waals surface area contributed by atoms with Crippen molar-refractivity contribution in [2.24, 2.45) is 0 Å². The molecule has 11 nitrogen and oxygen atoms in total. The molecule has 1 amide bonds. The highest BCUT2D eigenvalue weighted by Gasteiger charge is 2.46. The standard InChI is InChI=1S/C32H29FN4O7/c1-4-32(41)20-9-25-28-18(12-37(25)30(39)19(20)13-43-31(32)40)27-22(8-6-17-15(2)21(33)10-24(35-28)26(17)27)36-29(38)23-7-5-16(11-34-23)44-14-42-3/h5,7,9-11,22,41H,4,6,8,12-14H2,1-3H3,(H,36,38)/t22-,32-/m0/s1. The number of halogens is 1.